The highest BCUT2D eigenvalue weighted by atomic mass is 16.3. The zero-order valence-corrected chi connectivity index (χ0v) is 13.1. The van der Waals surface area contributed by atoms with Crippen molar-refractivity contribution in [3.63, 3.8) is 0 Å². The van der Waals surface area contributed by atoms with Crippen molar-refractivity contribution in [1.82, 2.24) is 9.97 Å². The molecule has 0 saturated heterocycles. The summed E-state index contributed by atoms with van der Waals surface area (Å²) in [6, 6.07) is 17.9. The van der Waals surface area contributed by atoms with Gasteiger partial charge in [0.25, 0.3) is 0 Å². The highest BCUT2D eigenvalue weighted by molar-refractivity contribution is 5.83. The minimum absolute atomic E-state index is 0.345. The number of hydrogen-bond acceptors (Lipinski definition) is 4. The normalized spacial score (nSPS) is 10.9. The van der Waals surface area contributed by atoms with Crippen molar-refractivity contribution in [3.05, 3.63) is 72.1 Å². The van der Waals surface area contributed by atoms with Crippen molar-refractivity contribution in [2.24, 2.45) is 0 Å². The molecule has 4 heteroatoms. The number of oxazole rings is 1. The van der Waals surface area contributed by atoms with Crippen LogP contribution in [0, 0.1) is 6.92 Å². The maximum atomic E-state index is 10.9. The predicted molar refractivity (Wildman–Crippen MR) is 92.8 cm³/mol. The molecule has 0 atom stereocenters. The van der Waals surface area contributed by atoms with E-state index in [1.165, 1.54) is 6.20 Å². The summed E-state index contributed by atoms with van der Waals surface area (Å²) in [5.74, 6) is 0.533. The lowest BCUT2D eigenvalue weighted by Gasteiger charge is -2.09. The molecule has 2 aromatic heterocycles. The molecular weight excluding hydrogens is 300 g/mol. The van der Waals surface area contributed by atoms with Crippen LogP contribution in [-0.2, 0) is 0 Å². The van der Waals surface area contributed by atoms with Gasteiger partial charge in [0.1, 0.15) is 11.2 Å². The zero-order chi connectivity index (χ0) is 16.5. The SMILES string of the molecule is Cc1c(-c2ccccc2)cccc1-c1nc2cc(C=O)ncc2o1. The molecule has 0 saturated carbocycles. The van der Waals surface area contributed by atoms with Crippen molar-refractivity contribution in [3.8, 4) is 22.6 Å². The summed E-state index contributed by atoms with van der Waals surface area (Å²) in [4.78, 5) is 19.4. The first-order chi connectivity index (χ1) is 11.8. The predicted octanol–water partition coefficient (Wildman–Crippen LogP) is 4.68. The van der Waals surface area contributed by atoms with Crippen molar-refractivity contribution in [2.75, 3.05) is 0 Å². The summed E-state index contributed by atoms with van der Waals surface area (Å²) in [6.45, 7) is 2.06. The molecule has 0 aliphatic rings. The van der Waals surface area contributed by atoms with Crippen molar-refractivity contribution in [1.29, 1.82) is 0 Å². The van der Waals surface area contributed by atoms with E-state index in [-0.39, 0.29) is 0 Å². The van der Waals surface area contributed by atoms with Crippen LogP contribution in [0.5, 0.6) is 0 Å². The fourth-order valence-electron chi connectivity index (χ4n) is 2.83. The van der Waals surface area contributed by atoms with E-state index in [4.69, 9.17) is 4.42 Å². The Hall–Kier alpha value is -3.27. The van der Waals surface area contributed by atoms with Gasteiger partial charge in [-0.25, -0.2) is 9.97 Å². The second-order valence-electron chi connectivity index (χ2n) is 5.56. The van der Waals surface area contributed by atoms with Gasteiger partial charge >= 0.3 is 0 Å². The molecular formula is C20H14N2O2. The van der Waals surface area contributed by atoms with Crippen LogP contribution >= 0.6 is 0 Å². The fourth-order valence-corrected chi connectivity index (χ4v) is 2.83. The molecule has 0 bridgehead atoms. The summed E-state index contributed by atoms with van der Waals surface area (Å²) < 4.78 is 5.84. The summed E-state index contributed by atoms with van der Waals surface area (Å²) in [5, 5.41) is 0. The molecule has 0 aliphatic carbocycles. The molecule has 116 valence electrons. The third-order valence-electron chi connectivity index (χ3n) is 4.07. The van der Waals surface area contributed by atoms with Crippen molar-refractivity contribution in [2.45, 2.75) is 6.92 Å². The Morgan fingerprint density at radius 2 is 1.79 bits per heavy atom. The number of aromatic nitrogens is 2. The van der Waals surface area contributed by atoms with Crippen LogP contribution in [0.25, 0.3) is 33.7 Å². The fraction of sp³-hybridized carbons (Fsp3) is 0.0500. The highest BCUT2D eigenvalue weighted by Gasteiger charge is 2.14. The number of carbonyl (C=O) groups is 1. The van der Waals surface area contributed by atoms with E-state index >= 15 is 0 Å². The van der Waals surface area contributed by atoms with Gasteiger partial charge < -0.3 is 4.42 Å². The average molecular weight is 314 g/mol. The molecule has 2 heterocycles. The van der Waals surface area contributed by atoms with Crippen LogP contribution in [0.3, 0.4) is 0 Å². The van der Waals surface area contributed by atoms with E-state index in [1.807, 2.05) is 30.3 Å². The Bertz CT molecular complexity index is 1040. The third-order valence-corrected chi connectivity index (χ3v) is 4.07. The molecule has 0 unspecified atom stereocenters. The molecule has 24 heavy (non-hydrogen) atoms. The lowest BCUT2D eigenvalue weighted by molar-refractivity contribution is 0.111. The zero-order valence-electron chi connectivity index (χ0n) is 13.1. The van der Waals surface area contributed by atoms with E-state index < -0.39 is 0 Å². The lowest BCUT2D eigenvalue weighted by Crippen LogP contribution is -1.88. The maximum Gasteiger partial charge on any atom is 0.227 e. The minimum Gasteiger partial charge on any atom is -0.434 e. The van der Waals surface area contributed by atoms with E-state index in [2.05, 4.69) is 35.1 Å². The Kier molecular flexibility index (Phi) is 3.43. The highest BCUT2D eigenvalue weighted by Crippen LogP contribution is 2.32. The van der Waals surface area contributed by atoms with E-state index in [0.29, 0.717) is 29.0 Å². The number of pyridine rings is 1. The average Bonchev–Trinajstić information content (AvgIpc) is 3.05. The first-order valence-electron chi connectivity index (χ1n) is 7.63. The topological polar surface area (TPSA) is 56.0 Å². The quantitative estimate of drug-likeness (QED) is 0.515. The maximum absolute atomic E-state index is 10.9. The van der Waals surface area contributed by atoms with Gasteiger partial charge in [-0.3, -0.25) is 4.79 Å². The summed E-state index contributed by atoms with van der Waals surface area (Å²) in [6.07, 6.45) is 2.24. The second-order valence-corrected chi connectivity index (χ2v) is 5.56. The molecule has 0 amide bonds. The van der Waals surface area contributed by atoms with Gasteiger partial charge in [-0.2, -0.15) is 0 Å². The molecule has 0 spiro atoms. The van der Waals surface area contributed by atoms with Crippen LogP contribution in [0.2, 0.25) is 0 Å². The van der Waals surface area contributed by atoms with Crippen LogP contribution in [-0.4, -0.2) is 16.3 Å². The monoisotopic (exact) mass is 314 g/mol. The van der Waals surface area contributed by atoms with Gasteiger partial charge in [-0.05, 0) is 35.7 Å². The smallest absolute Gasteiger partial charge is 0.227 e. The third kappa shape index (κ3) is 2.38. The van der Waals surface area contributed by atoms with Crippen molar-refractivity contribution >= 4 is 17.4 Å². The molecule has 2 aromatic carbocycles. The number of nitrogens with zero attached hydrogens (tertiary/aromatic N) is 2. The summed E-state index contributed by atoms with van der Waals surface area (Å²) >= 11 is 0. The standard InChI is InChI=1S/C20H14N2O2/c1-13-16(14-6-3-2-4-7-14)8-5-9-17(13)20-22-18-10-15(12-23)21-11-19(18)24-20/h2-12H,1H3. The first kappa shape index (κ1) is 14.3. The van der Waals surface area contributed by atoms with E-state index in [1.54, 1.807) is 6.07 Å². The van der Waals surface area contributed by atoms with Gasteiger partial charge in [0, 0.05) is 5.56 Å². The van der Waals surface area contributed by atoms with E-state index in [0.717, 1.165) is 22.3 Å². The summed E-state index contributed by atoms with van der Waals surface area (Å²) in [5.41, 5.74) is 5.86. The molecule has 4 rings (SSSR count). The van der Waals surface area contributed by atoms with Gasteiger partial charge in [-0.1, -0.05) is 42.5 Å². The Labute approximate surface area is 138 Å². The van der Waals surface area contributed by atoms with Gasteiger partial charge in [0.2, 0.25) is 5.89 Å². The van der Waals surface area contributed by atoms with Gasteiger partial charge in [0.05, 0.1) is 6.20 Å². The number of benzene rings is 2. The van der Waals surface area contributed by atoms with Crippen LogP contribution in [0.15, 0.2) is 65.2 Å². The van der Waals surface area contributed by atoms with Gasteiger partial charge in [-0.15, -0.1) is 0 Å². The molecule has 0 radical (unpaired) electrons. The summed E-state index contributed by atoms with van der Waals surface area (Å²) in [7, 11) is 0. The minimum atomic E-state index is 0.345. The number of hydrogen-bond donors (Lipinski definition) is 0. The molecule has 4 nitrogen and oxygen atoms in total. The van der Waals surface area contributed by atoms with Crippen molar-refractivity contribution < 1.29 is 9.21 Å². The van der Waals surface area contributed by atoms with Crippen LogP contribution < -0.4 is 0 Å². The van der Waals surface area contributed by atoms with Gasteiger partial charge in [0.15, 0.2) is 11.9 Å². The Balaban J connectivity index is 1.86. The molecule has 4 aromatic rings. The number of carbonyl (C=O) groups excluding carboxylic acids is 1. The molecule has 0 N–H and O–H groups in total. The van der Waals surface area contributed by atoms with Crippen LogP contribution in [0.1, 0.15) is 16.1 Å². The van der Waals surface area contributed by atoms with Crippen LogP contribution in [0.4, 0.5) is 0 Å². The largest absolute Gasteiger partial charge is 0.434 e. The molecule has 0 fully saturated rings. The first-order valence-corrected chi connectivity index (χ1v) is 7.63. The Morgan fingerprint density at radius 1 is 1.00 bits per heavy atom. The number of fused-ring (bicyclic) bond motifs is 1. The second kappa shape index (κ2) is 5.74. The number of rotatable bonds is 3. The van der Waals surface area contributed by atoms with E-state index in [9.17, 15) is 4.79 Å². The molecule has 0 aliphatic heterocycles. The Morgan fingerprint density at radius 3 is 2.58 bits per heavy atom. The number of aldehydes is 1. The lowest BCUT2D eigenvalue weighted by atomic mass is 9.96.